The van der Waals surface area contributed by atoms with Gasteiger partial charge in [-0.3, -0.25) is 0 Å². The Morgan fingerprint density at radius 3 is 2.38 bits per heavy atom. The third-order valence-corrected chi connectivity index (χ3v) is 4.93. The topological polar surface area (TPSA) is 29.0 Å². The molecule has 21 heavy (non-hydrogen) atoms. The van der Waals surface area contributed by atoms with Crippen LogP contribution in [0.2, 0.25) is 0 Å². The predicted molar refractivity (Wildman–Crippen MR) is 88.5 cm³/mol. The zero-order valence-corrected chi connectivity index (χ0v) is 14.4. The van der Waals surface area contributed by atoms with E-state index in [0.717, 1.165) is 30.6 Å². The van der Waals surface area contributed by atoms with E-state index in [1.807, 2.05) is 0 Å². The van der Waals surface area contributed by atoms with E-state index in [4.69, 9.17) is 0 Å². The highest BCUT2D eigenvalue weighted by Gasteiger charge is 2.24. The lowest BCUT2D eigenvalue weighted by molar-refractivity contribution is 0.171. The van der Waals surface area contributed by atoms with Gasteiger partial charge in [0.15, 0.2) is 0 Å². The summed E-state index contributed by atoms with van der Waals surface area (Å²) in [5.41, 5.74) is 2.49. The van der Waals surface area contributed by atoms with Gasteiger partial charge in [0, 0.05) is 22.8 Å². The molecule has 2 rings (SSSR count). The van der Waals surface area contributed by atoms with E-state index < -0.39 is 0 Å². The average molecular weight is 289 g/mol. The summed E-state index contributed by atoms with van der Waals surface area (Å²) in [6.07, 6.45) is 8.22. The number of hydrogen-bond donors (Lipinski definition) is 0. The minimum atomic E-state index is 0.110. The number of aromatic nitrogens is 2. The Balaban J connectivity index is 1.92. The van der Waals surface area contributed by atoms with Gasteiger partial charge < -0.3 is 4.90 Å². The third kappa shape index (κ3) is 4.50. The molecule has 1 aromatic heterocycles. The van der Waals surface area contributed by atoms with Gasteiger partial charge >= 0.3 is 0 Å². The summed E-state index contributed by atoms with van der Waals surface area (Å²) in [7, 11) is 2.25. The molecule has 0 spiro atoms. The first kappa shape index (κ1) is 16.4. The van der Waals surface area contributed by atoms with Gasteiger partial charge in [-0.2, -0.15) is 0 Å². The van der Waals surface area contributed by atoms with Crippen molar-refractivity contribution >= 4 is 0 Å². The van der Waals surface area contributed by atoms with E-state index in [0.29, 0.717) is 0 Å². The maximum atomic E-state index is 4.50. The van der Waals surface area contributed by atoms with Crippen LogP contribution < -0.4 is 0 Å². The maximum Gasteiger partial charge on any atom is 0.115 e. The second-order valence-corrected chi connectivity index (χ2v) is 7.60. The summed E-state index contributed by atoms with van der Waals surface area (Å²) in [5.74, 6) is 0.800. The van der Waals surface area contributed by atoms with Crippen molar-refractivity contribution in [2.45, 2.75) is 71.3 Å². The Bertz CT molecular complexity index is 442. The van der Waals surface area contributed by atoms with Gasteiger partial charge in [0.2, 0.25) is 0 Å². The first-order valence-corrected chi connectivity index (χ1v) is 8.41. The normalized spacial score (nSPS) is 23.5. The van der Waals surface area contributed by atoms with E-state index in [-0.39, 0.29) is 5.41 Å². The standard InChI is InChI=1S/C18H31N3/c1-6-21(5)16-9-7-14(8-10-16)11-15-12-17(18(2,3)4)20-13-19-15/h12-14,16H,6-11H2,1-5H3. The first-order valence-electron chi connectivity index (χ1n) is 8.41. The molecule has 0 atom stereocenters. The van der Waals surface area contributed by atoms with Gasteiger partial charge in [-0.05, 0) is 57.7 Å². The molecule has 1 aromatic rings. The molecule has 118 valence electrons. The van der Waals surface area contributed by atoms with Gasteiger partial charge in [-0.1, -0.05) is 27.7 Å². The van der Waals surface area contributed by atoms with Crippen LogP contribution in [-0.2, 0) is 11.8 Å². The Kier molecular flexibility index (Phi) is 5.37. The van der Waals surface area contributed by atoms with Gasteiger partial charge in [-0.25, -0.2) is 9.97 Å². The van der Waals surface area contributed by atoms with Gasteiger partial charge in [0.05, 0.1) is 0 Å². The molecule has 0 unspecified atom stereocenters. The van der Waals surface area contributed by atoms with E-state index in [1.165, 1.54) is 31.4 Å². The average Bonchev–Trinajstić information content (AvgIpc) is 2.47. The fourth-order valence-electron chi connectivity index (χ4n) is 3.26. The monoisotopic (exact) mass is 289 g/mol. The van der Waals surface area contributed by atoms with Crippen molar-refractivity contribution in [3.63, 3.8) is 0 Å². The van der Waals surface area contributed by atoms with Crippen molar-refractivity contribution in [2.75, 3.05) is 13.6 Å². The largest absolute Gasteiger partial charge is 0.304 e. The number of hydrogen-bond acceptors (Lipinski definition) is 3. The second kappa shape index (κ2) is 6.87. The van der Waals surface area contributed by atoms with E-state index in [9.17, 15) is 0 Å². The van der Waals surface area contributed by atoms with Crippen molar-refractivity contribution in [1.82, 2.24) is 14.9 Å². The lowest BCUT2D eigenvalue weighted by Gasteiger charge is -2.34. The van der Waals surface area contributed by atoms with Crippen molar-refractivity contribution in [3.8, 4) is 0 Å². The van der Waals surface area contributed by atoms with Gasteiger partial charge in [0.1, 0.15) is 6.33 Å². The molecular weight excluding hydrogens is 258 g/mol. The molecule has 1 saturated carbocycles. The summed E-state index contributed by atoms with van der Waals surface area (Å²) in [6.45, 7) is 10.1. The van der Waals surface area contributed by atoms with Crippen LogP contribution in [0.25, 0.3) is 0 Å². The number of nitrogens with zero attached hydrogens (tertiary/aromatic N) is 3. The molecule has 1 aliphatic rings. The highest BCUT2D eigenvalue weighted by molar-refractivity contribution is 5.16. The Morgan fingerprint density at radius 1 is 1.14 bits per heavy atom. The maximum absolute atomic E-state index is 4.50. The summed E-state index contributed by atoms with van der Waals surface area (Å²) in [6, 6.07) is 3.01. The molecule has 0 aliphatic heterocycles. The SMILES string of the molecule is CCN(C)C1CCC(Cc2cc(C(C)(C)C)ncn2)CC1. The van der Waals surface area contributed by atoms with Gasteiger partial charge in [-0.15, -0.1) is 0 Å². The van der Waals surface area contributed by atoms with Crippen LogP contribution in [0.4, 0.5) is 0 Å². The summed E-state index contributed by atoms with van der Waals surface area (Å²) < 4.78 is 0. The fourth-order valence-corrected chi connectivity index (χ4v) is 3.26. The molecular formula is C18H31N3. The molecule has 0 amide bonds. The number of rotatable bonds is 4. The minimum Gasteiger partial charge on any atom is -0.304 e. The predicted octanol–water partition coefficient (Wildman–Crippen LogP) is 3.83. The Labute approximate surface area is 130 Å². The highest BCUT2D eigenvalue weighted by Crippen LogP contribution is 2.29. The first-order chi connectivity index (χ1) is 9.90. The second-order valence-electron chi connectivity index (χ2n) is 7.60. The molecule has 1 heterocycles. The lowest BCUT2D eigenvalue weighted by atomic mass is 9.82. The summed E-state index contributed by atoms with van der Waals surface area (Å²) >= 11 is 0. The molecule has 0 radical (unpaired) electrons. The zero-order valence-electron chi connectivity index (χ0n) is 14.4. The Morgan fingerprint density at radius 2 is 1.81 bits per heavy atom. The fraction of sp³-hybridized carbons (Fsp3) is 0.778. The summed E-state index contributed by atoms with van der Waals surface area (Å²) in [4.78, 5) is 11.4. The molecule has 0 bridgehead atoms. The van der Waals surface area contributed by atoms with Crippen LogP contribution in [0.1, 0.15) is 64.8 Å². The van der Waals surface area contributed by atoms with Crippen molar-refractivity contribution in [2.24, 2.45) is 5.92 Å². The third-order valence-electron chi connectivity index (χ3n) is 4.93. The van der Waals surface area contributed by atoms with Crippen LogP contribution in [-0.4, -0.2) is 34.5 Å². The zero-order chi connectivity index (χ0) is 15.5. The molecule has 3 heteroatoms. The molecule has 1 fully saturated rings. The molecule has 0 aromatic carbocycles. The van der Waals surface area contributed by atoms with Crippen LogP contribution in [0.3, 0.4) is 0 Å². The van der Waals surface area contributed by atoms with E-state index >= 15 is 0 Å². The smallest absolute Gasteiger partial charge is 0.115 e. The van der Waals surface area contributed by atoms with Crippen LogP contribution in [0.15, 0.2) is 12.4 Å². The van der Waals surface area contributed by atoms with Crippen LogP contribution >= 0.6 is 0 Å². The van der Waals surface area contributed by atoms with Crippen molar-refractivity contribution in [1.29, 1.82) is 0 Å². The van der Waals surface area contributed by atoms with Crippen molar-refractivity contribution in [3.05, 3.63) is 23.8 Å². The Hall–Kier alpha value is -0.960. The van der Waals surface area contributed by atoms with Crippen LogP contribution in [0, 0.1) is 5.92 Å². The minimum absolute atomic E-state index is 0.110. The molecule has 3 nitrogen and oxygen atoms in total. The summed E-state index contributed by atoms with van der Waals surface area (Å²) in [5, 5.41) is 0. The quantitative estimate of drug-likeness (QED) is 0.843. The highest BCUT2D eigenvalue weighted by atomic mass is 15.1. The molecule has 1 aliphatic carbocycles. The van der Waals surface area contributed by atoms with Crippen LogP contribution in [0.5, 0.6) is 0 Å². The molecule has 0 N–H and O–H groups in total. The van der Waals surface area contributed by atoms with Gasteiger partial charge in [0.25, 0.3) is 0 Å². The van der Waals surface area contributed by atoms with E-state index in [1.54, 1.807) is 6.33 Å². The van der Waals surface area contributed by atoms with Crippen molar-refractivity contribution < 1.29 is 0 Å². The molecule has 0 saturated heterocycles. The lowest BCUT2D eigenvalue weighted by Crippen LogP contribution is -2.35. The van der Waals surface area contributed by atoms with E-state index in [2.05, 4.69) is 55.7 Å².